The molecule has 2 aliphatic rings. The number of rotatable bonds is 2. The van der Waals surface area contributed by atoms with E-state index in [2.05, 4.69) is 25.2 Å². The second-order valence-electron chi connectivity index (χ2n) is 6.37. The Bertz CT molecular complexity index is 666. The number of anilines is 1. The van der Waals surface area contributed by atoms with E-state index in [9.17, 15) is 14.4 Å². The van der Waals surface area contributed by atoms with Crippen LogP contribution in [0.1, 0.15) is 56.6 Å². The van der Waals surface area contributed by atoms with Crippen LogP contribution in [0.3, 0.4) is 0 Å². The van der Waals surface area contributed by atoms with Crippen LogP contribution in [0.5, 0.6) is 0 Å². The molecule has 1 fully saturated rings. The Balaban J connectivity index is 2.00. The fourth-order valence-electron chi connectivity index (χ4n) is 3.21. The largest absolute Gasteiger partial charge is 0.299 e. The lowest BCUT2D eigenvalue weighted by Crippen LogP contribution is -2.53. The summed E-state index contributed by atoms with van der Waals surface area (Å²) in [6, 6.07) is 5.41. The molecule has 0 aromatic heterocycles. The summed E-state index contributed by atoms with van der Waals surface area (Å²) in [5.41, 5.74) is 2.96. The van der Waals surface area contributed by atoms with Crippen molar-refractivity contribution in [1.29, 1.82) is 0 Å². The molecule has 0 bridgehead atoms. The van der Waals surface area contributed by atoms with Crippen molar-refractivity contribution in [2.24, 2.45) is 0 Å². The number of carbonyl (C=O) groups is 3. The van der Waals surface area contributed by atoms with Gasteiger partial charge in [-0.25, -0.2) is 0 Å². The molecule has 3 amide bonds. The van der Waals surface area contributed by atoms with Gasteiger partial charge in [-0.05, 0) is 36.5 Å². The molecular weight excluding hydrogens is 280 g/mol. The Labute approximate surface area is 129 Å². The summed E-state index contributed by atoms with van der Waals surface area (Å²) in [7, 11) is 0. The quantitative estimate of drug-likeness (QED) is 0.850. The van der Waals surface area contributed by atoms with E-state index in [-0.39, 0.29) is 30.1 Å². The van der Waals surface area contributed by atoms with E-state index < -0.39 is 6.04 Å². The zero-order valence-electron chi connectivity index (χ0n) is 13.1. The summed E-state index contributed by atoms with van der Waals surface area (Å²) < 4.78 is 0. The third-order valence-corrected chi connectivity index (χ3v) is 4.57. The second-order valence-corrected chi connectivity index (χ2v) is 6.37. The van der Waals surface area contributed by atoms with Crippen molar-refractivity contribution in [3.05, 3.63) is 29.3 Å². The third kappa shape index (κ3) is 2.21. The minimum absolute atomic E-state index is 0.0644. The smallest absolute Gasteiger partial charge is 0.249 e. The minimum Gasteiger partial charge on any atom is -0.299 e. The zero-order valence-corrected chi connectivity index (χ0v) is 13.1. The number of carbonyl (C=O) groups excluding carboxylic acids is 3. The number of nitrogens with one attached hydrogen (secondary N) is 1. The Morgan fingerprint density at radius 2 is 1.95 bits per heavy atom. The first kappa shape index (κ1) is 14.8. The Hall–Kier alpha value is -2.17. The Kier molecular flexibility index (Phi) is 3.51. The molecule has 2 unspecified atom stereocenters. The van der Waals surface area contributed by atoms with Crippen molar-refractivity contribution in [2.45, 2.75) is 51.5 Å². The van der Waals surface area contributed by atoms with Crippen LogP contribution < -0.4 is 10.2 Å². The minimum atomic E-state index is -0.584. The van der Waals surface area contributed by atoms with Crippen LogP contribution in [-0.4, -0.2) is 23.8 Å². The molecule has 5 heteroatoms. The van der Waals surface area contributed by atoms with Gasteiger partial charge in [0.2, 0.25) is 17.7 Å². The SMILES string of the molecule is CC(C)c1ccc2c(c1)C(C)C(=O)N2C1CCC(=O)NC1=O. The first-order valence-corrected chi connectivity index (χ1v) is 7.70. The lowest BCUT2D eigenvalue weighted by atomic mass is 9.96. The average molecular weight is 300 g/mol. The third-order valence-electron chi connectivity index (χ3n) is 4.57. The number of hydrogen-bond acceptors (Lipinski definition) is 3. The topological polar surface area (TPSA) is 66.5 Å². The molecule has 3 rings (SSSR count). The molecule has 2 aliphatic heterocycles. The molecule has 1 aromatic carbocycles. The van der Waals surface area contributed by atoms with E-state index in [4.69, 9.17) is 0 Å². The molecule has 0 saturated carbocycles. The molecule has 0 aliphatic carbocycles. The lowest BCUT2D eigenvalue weighted by Gasteiger charge is -2.30. The van der Waals surface area contributed by atoms with Crippen LogP contribution in [0.4, 0.5) is 5.69 Å². The normalized spacial score (nSPS) is 24.7. The highest BCUT2D eigenvalue weighted by molar-refractivity contribution is 6.11. The summed E-state index contributed by atoms with van der Waals surface area (Å²) in [6.45, 7) is 6.10. The van der Waals surface area contributed by atoms with E-state index in [1.165, 1.54) is 5.56 Å². The summed E-state index contributed by atoms with van der Waals surface area (Å²) in [5.74, 6) is -0.573. The van der Waals surface area contributed by atoms with E-state index >= 15 is 0 Å². The number of hydrogen-bond donors (Lipinski definition) is 1. The fourth-order valence-corrected chi connectivity index (χ4v) is 3.21. The van der Waals surface area contributed by atoms with Crippen LogP contribution in [0.2, 0.25) is 0 Å². The number of amides is 3. The number of piperidine rings is 1. The van der Waals surface area contributed by atoms with Crippen LogP contribution in [0.15, 0.2) is 18.2 Å². The van der Waals surface area contributed by atoms with E-state index in [1.54, 1.807) is 4.90 Å². The van der Waals surface area contributed by atoms with Crippen LogP contribution >= 0.6 is 0 Å². The summed E-state index contributed by atoms with van der Waals surface area (Å²) >= 11 is 0. The maximum atomic E-state index is 12.6. The molecular formula is C17H20N2O3. The molecule has 1 N–H and O–H groups in total. The Morgan fingerprint density at radius 1 is 1.23 bits per heavy atom. The molecule has 0 radical (unpaired) electrons. The van der Waals surface area contributed by atoms with Gasteiger partial charge < -0.3 is 0 Å². The molecule has 22 heavy (non-hydrogen) atoms. The second kappa shape index (κ2) is 5.23. The maximum Gasteiger partial charge on any atom is 0.249 e. The number of nitrogens with zero attached hydrogens (tertiary/aromatic N) is 1. The molecule has 1 aromatic rings. The molecule has 2 atom stereocenters. The van der Waals surface area contributed by atoms with Crippen molar-refractivity contribution < 1.29 is 14.4 Å². The van der Waals surface area contributed by atoms with Crippen LogP contribution in [0, 0.1) is 0 Å². The van der Waals surface area contributed by atoms with Crippen LogP contribution in [-0.2, 0) is 14.4 Å². The standard InChI is InChI=1S/C17H20N2O3/c1-9(2)11-4-5-13-12(8-11)10(3)17(22)19(13)14-6-7-15(20)18-16(14)21/h4-5,8-10,14H,6-7H2,1-3H3,(H,18,20,21). The van der Waals surface area contributed by atoms with Gasteiger partial charge in [0.05, 0.1) is 5.92 Å². The first-order chi connectivity index (χ1) is 10.4. The average Bonchev–Trinajstić information content (AvgIpc) is 2.71. The first-order valence-electron chi connectivity index (χ1n) is 7.70. The summed E-state index contributed by atoms with van der Waals surface area (Å²) in [5, 5.41) is 2.33. The maximum absolute atomic E-state index is 12.6. The molecule has 0 spiro atoms. The van der Waals surface area contributed by atoms with Crippen molar-refractivity contribution in [3.8, 4) is 0 Å². The van der Waals surface area contributed by atoms with Gasteiger partial charge in [-0.2, -0.15) is 0 Å². The van der Waals surface area contributed by atoms with Gasteiger partial charge in [0.15, 0.2) is 0 Å². The predicted molar refractivity (Wildman–Crippen MR) is 82.6 cm³/mol. The highest BCUT2D eigenvalue weighted by Crippen LogP contribution is 2.40. The highest BCUT2D eigenvalue weighted by Gasteiger charge is 2.42. The van der Waals surface area contributed by atoms with Crippen molar-refractivity contribution in [2.75, 3.05) is 4.90 Å². The van der Waals surface area contributed by atoms with Gasteiger partial charge in [-0.15, -0.1) is 0 Å². The molecule has 2 heterocycles. The zero-order chi connectivity index (χ0) is 16.0. The van der Waals surface area contributed by atoms with Gasteiger partial charge >= 0.3 is 0 Å². The molecule has 1 saturated heterocycles. The molecule has 5 nitrogen and oxygen atoms in total. The Morgan fingerprint density at radius 3 is 2.59 bits per heavy atom. The highest BCUT2D eigenvalue weighted by atomic mass is 16.2. The van der Waals surface area contributed by atoms with E-state index in [1.807, 2.05) is 19.1 Å². The summed E-state index contributed by atoms with van der Waals surface area (Å²) in [4.78, 5) is 37.6. The monoisotopic (exact) mass is 300 g/mol. The van der Waals surface area contributed by atoms with Gasteiger partial charge in [0, 0.05) is 12.1 Å². The van der Waals surface area contributed by atoms with Gasteiger partial charge in [-0.1, -0.05) is 26.0 Å². The number of fused-ring (bicyclic) bond motifs is 1. The van der Waals surface area contributed by atoms with Crippen molar-refractivity contribution in [3.63, 3.8) is 0 Å². The lowest BCUT2D eigenvalue weighted by molar-refractivity contribution is -0.135. The predicted octanol–water partition coefficient (Wildman–Crippen LogP) is 2.07. The van der Waals surface area contributed by atoms with E-state index in [0.717, 1.165) is 11.3 Å². The van der Waals surface area contributed by atoms with Gasteiger partial charge in [0.25, 0.3) is 0 Å². The van der Waals surface area contributed by atoms with Crippen molar-refractivity contribution >= 4 is 23.4 Å². The summed E-state index contributed by atoms with van der Waals surface area (Å²) in [6.07, 6.45) is 0.655. The van der Waals surface area contributed by atoms with E-state index in [0.29, 0.717) is 12.3 Å². The number of benzene rings is 1. The van der Waals surface area contributed by atoms with Crippen LogP contribution in [0.25, 0.3) is 0 Å². The van der Waals surface area contributed by atoms with Crippen molar-refractivity contribution in [1.82, 2.24) is 5.32 Å². The molecule has 116 valence electrons. The van der Waals surface area contributed by atoms with Gasteiger partial charge in [0.1, 0.15) is 6.04 Å². The fraction of sp³-hybridized carbons (Fsp3) is 0.471. The van der Waals surface area contributed by atoms with Gasteiger partial charge in [-0.3, -0.25) is 24.6 Å². The number of imide groups is 1.